The first-order valence-electron chi connectivity index (χ1n) is 7.93. The molecule has 2 aromatic rings. The zero-order chi connectivity index (χ0) is 18.0. The fraction of sp³-hybridized carbons (Fsp3) is 0.294. The third-order valence-electron chi connectivity index (χ3n) is 4.15. The van der Waals surface area contributed by atoms with Crippen LogP contribution in [0.1, 0.15) is 30.1 Å². The molecule has 1 aliphatic carbocycles. The molecule has 25 heavy (non-hydrogen) atoms. The number of anilines is 2. The van der Waals surface area contributed by atoms with Crippen molar-refractivity contribution in [3.63, 3.8) is 0 Å². The van der Waals surface area contributed by atoms with Gasteiger partial charge in [-0.05, 0) is 38.0 Å². The highest BCUT2D eigenvalue weighted by atomic mass is 19.1. The lowest BCUT2D eigenvalue weighted by Gasteiger charge is -2.21. The summed E-state index contributed by atoms with van der Waals surface area (Å²) in [5, 5.41) is 2.63. The molecule has 0 unspecified atom stereocenters. The van der Waals surface area contributed by atoms with Gasteiger partial charge in [-0.1, -0.05) is 6.07 Å². The van der Waals surface area contributed by atoms with Crippen molar-refractivity contribution >= 4 is 23.5 Å². The highest BCUT2D eigenvalue weighted by molar-refractivity contribution is 5.99. The van der Waals surface area contributed by atoms with E-state index >= 15 is 0 Å². The molecule has 1 aliphatic rings. The lowest BCUT2D eigenvalue weighted by molar-refractivity contribution is -0.120. The second kappa shape index (κ2) is 6.46. The summed E-state index contributed by atoms with van der Waals surface area (Å²) in [4.78, 5) is 33.7. The van der Waals surface area contributed by atoms with Gasteiger partial charge in [0.15, 0.2) is 0 Å². The van der Waals surface area contributed by atoms with Gasteiger partial charge in [-0.15, -0.1) is 0 Å². The fourth-order valence-corrected chi connectivity index (χ4v) is 2.51. The molecule has 0 spiro atoms. The third-order valence-corrected chi connectivity index (χ3v) is 4.15. The van der Waals surface area contributed by atoms with E-state index < -0.39 is 17.4 Å². The maximum atomic E-state index is 13.4. The summed E-state index contributed by atoms with van der Waals surface area (Å²) < 4.78 is 13.4. The maximum Gasteiger partial charge on any atom is 0.255 e. The molecule has 0 saturated heterocycles. The van der Waals surface area contributed by atoms with Crippen LogP contribution in [0, 0.1) is 5.82 Å². The summed E-state index contributed by atoms with van der Waals surface area (Å²) in [6.45, 7) is 2.42. The molecule has 1 fully saturated rings. The third kappa shape index (κ3) is 3.42. The lowest BCUT2D eigenvalue weighted by atomic mass is 10.2. The van der Waals surface area contributed by atoms with Crippen LogP contribution in [0.15, 0.2) is 36.7 Å². The largest absolute Gasteiger partial charge is 0.368 e. The first-order chi connectivity index (χ1) is 11.9. The molecule has 7 nitrogen and oxygen atoms in total. The number of benzene rings is 1. The predicted octanol–water partition coefficient (Wildman–Crippen LogP) is 1.52. The molecule has 8 heteroatoms. The summed E-state index contributed by atoms with van der Waals surface area (Å²) in [7, 11) is 0. The Labute approximate surface area is 144 Å². The minimum atomic E-state index is -0.938. The first kappa shape index (κ1) is 16.8. The van der Waals surface area contributed by atoms with Gasteiger partial charge in [0, 0.05) is 24.6 Å². The van der Waals surface area contributed by atoms with Gasteiger partial charge in [-0.2, -0.15) is 0 Å². The SMILES string of the molecule is CCN(c1cccc(F)c1)c1ncc(C(=O)NC2(C(N)=O)CC2)cn1. The van der Waals surface area contributed by atoms with Gasteiger partial charge < -0.3 is 16.0 Å². The van der Waals surface area contributed by atoms with Gasteiger partial charge in [0.1, 0.15) is 11.4 Å². The zero-order valence-corrected chi connectivity index (χ0v) is 13.7. The Morgan fingerprint density at radius 2 is 2.00 bits per heavy atom. The number of amides is 2. The Morgan fingerprint density at radius 3 is 2.52 bits per heavy atom. The monoisotopic (exact) mass is 343 g/mol. The summed E-state index contributed by atoms with van der Waals surface area (Å²) in [6, 6.07) is 6.10. The second-order valence-corrected chi connectivity index (χ2v) is 5.90. The van der Waals surface area contributed by atoms with Gasteiger partial charge in [0.05, 0.1) is 5.56 Å². The number of rotatable bonds is 6. The Hall–Kier alpha value is -3.03. The number of nitrogens with two attached hydrogens (primary N) is 1. The smallest absolute Gasteiger partial charge is 0.255 e. The lowest BCUT2D eigenvalue weighted by Crippen LogP contribution is -2.46. The molecule has 0 atom stereocenters. The molecule has 0 radical (unpaired) electrons. The van der Waals surface area contributed by atoms with E-state index in [-0.39, 0.29) is 11.4 Å². The van der Waals surface area contributed by atoms with E-state index in [1.165, 1.54) is 24.5 Å². The van der Waals surface area contributed by atoms with E-state index in [2.05, 4.69) is 15.3 Å². The normalized spacial score (nSPS) is 14.6. The summed E-state index contributed by atoms with van der Waals surface area (Å²) in [5.41, 5.74) is 5.20. The average Bonchev–Trinajstić information content (AvgIpc) is 3.37. The van der Waals surface area contributed by atoms with Crippen LogP contribution in [0.2, 0.25) is 0 Å². The summed E-state index contributed by atoms with van der Waals surface area (Å²) in [5.74, 6) is -0.993. The standard InChI is InChI=1S/C17H18FN5O2/c1-2-23(13-5-3-4-12(18)8-13)16-20-9-11(10-21-16)14(24)22-17(6-7-17)15(19)25/h3-5,8-10H,2,6-7H2,1H3,(H2,19,25)(H,22,24). The Morgan fingerprint density at radius 1 is 1.32 bits per heavy atom. The number of hydrogen-bond acceptors (Lipinski definition) is 5. The quantitative estimate of drug-likeness (QED) is 0.828. The molecule has 0 aliphatic heterocycles. The molecular weight excluding hydrogens is 325 g/mol. The predicted molar refractivity (Wildman–Crippen MR) is 89.7 cm³/mol. The zero-order valence-electron chi connectivity index (χ0n) is 13.7. The van der Waals surface area contributed by atoms with Gasteiger partial charge in [-0.3, -0.25) is 9.59 Å². The number of nitrogens with one attached hydrogen (secondary N) is 1. The van der Waals surface area contributed by atoms with Gasteiger partial charge in [-0.25, -0.2) is 14.4 Å². The van der Waals surface area contributed by atoms with E-state index in [1.807, 2.05) is 6.92 Å². The van der Waals surface area contributed by atoms with Crippen LogP contribution in [0.25, 0.3) is 0 Å². The summed E-state index contributed by atoms with van der Waals surface area (Å²) >= 11 is 0. The van der Waals surface area contributed by atoms with Crippen molar-refractivity contribution in [3.8, 4) is 0 Å². The average molecular weight is 343 g/mol. The molecule has 1 heterocycles. The molecule has 3 rings (SSSR count). The van der Waals surface area contributed by atoms with Gasteiger partial charge >= 0.3 is 0 Å². The highest BCUT2D eigenvalue weighted by Gasteiger charge is 2.50. The first-order valence-corrected chi connectivity index (χ1v) is 7.93. The molecule has 1 saturated carbocycles. The molecule has 0 bridgehead atoms. The van der Waals surface area contributed by atoms with E-state index in [4.69, 9.17) is 5.73 Å². The summed E-state index contributed by atoms with van der Waals surface area (Å²) in [6.07, 6.45) is 3.82. The number of carbonyl (C=O) groups excluding carboxylic acids is 2. The molecule has 1 aromatic carbocycles. The van der Waals surface area contributed by atoms with E-state index in [1.54, 1.807) is 17.0 Å². The van der Waals surface area contributed by atoms with Crippen LogP contribution >= 0.6 is 0 Å². The van der Waals surface area contributed by atoms with Crippen molar-refractivity contribution in [3.05, 3.63) is 48.0 Å². The van der Waals surface area contributed by atoms with Crippen LogP contribution in [0.5, 0.6) is 0 Å². The topological polar surface area (TPSA) is 101 Å². The van der Waals surface area contributed by atoms with E-state index in [0.717, 1.165) is 0 Å². The van der Waals surface area contributed by atoms with E-state index in [9.17, 15) is 14.0 Å². The van der Waals surface area contributed by atoms with Crippen LogP contribution in [-0.2, 0) is 4.79 Å². The van der Waals surface area contributed by atoms with Gasteiger partial charge in [0.25, 0.3) is 5.91 Å². The van der Waals surface area contributed by atoms with Crippen LogP contribution in [-0.4, -0.2) is 33.9 Å². The number of nitrogens with zero attached hydrogens (tertiary/aromatic N) is 3. The number of hydrogen-bond donors (Lipinski definition) is 2. The van der Waals surface area contributed by atoms with Gasteiger partial charge in [0.2, 0.25) is 11.9 Å². The van der Waals surface area contributed by atoms with Crippen molar-refractivity contribution < 1.29 is 14.0 Å². The maximum absolute atomic E-state index is 13.4. The molecule has 130 valence electrons. The molecular formula is C17H18FN5O2. The van der Waals surface area contributed by atoms with Crippen molar-refractivity contribution in [2.24, 2.45) is 5.73 Å². The minimum absolute atomic E-state index is 0.228. The van der Waals surface area contributed by atoms with Crippen LogP contribution in [0.3, 0.4) is 0 Å². The Balaban J connectivity index is 1.77. The molecule has 3 N–H and O–H groups in total. The number of carbonyl (C=O) groups is 2. The Kier molecular flexibility index (Phi) is 4.35. The number of halogens is 1. The van der Waals surface area contributed by atoms with Crippen LogP contribution < -0.4 is 16.0 Å². The minimum Gasteiger partial charge on any atom is -0.368 e. The highest BCUT2D eigenvalue weighted by Crippen LogP contribution is 2.35. The van der Waals surface area contributed by atoms with Crippen LogP contribution in [0.4, 0.5) is 16.0 Å². The van der Waals surface area contributed by atoms with Crippen molar-refractivity contribution in [2.45, 2.75) is 25.3 Å². The second-order valence-electron chi connectivity index (χ2n) is 5.90. The van der Waals surface area contributed by atoms with Crippen molar-refractivity contribution in [2.75, 3.05) is 11.4 Å². The number of primary amides is 1. The van der Waals surface area contributed by atoms with Crippen molar-refractivity contribution in [1.82, 2.24) is 15.3 Å². The fourth-order valence-electron chi connectivity index (χ4n) is 2.51. The molecule has 1 aromatic heterocycles. The number of aromatic nitrogens is 2. The Bertz CT molecular complexity index is 805. The van der Waals surface area contributed by atoms with E-state index in [0.29, 0.717) is 31.0 Å². The molecule has 2 amide bonds. The van der Waals surface area contributed by atoms with Crippen molar-refractivity contribution in [1.29, 1.82) is 0 Å².